The molecule has 2 aromatic carbocycles. The molecule has 150 valence electrons. The van der Waals surface area contributed by atoms with Gasteiger partial charge in [0, 0.05) is 12.1 Å². The van der Waals surface area contributed by atoms with E-state index in [0.29, 0.717) is 17.7 Å². The Morgan fingerprint density at radius 2 is 1.66 bits per heavy atom. The number of carbonyl (C=O) groups excluding carboxylic acids is 1. The molecule has 0 spiro atoms. The van der Waals surface area contributed by atoms with Crippen LogP contribution in [0.3, 0.4) is 0 Å². The van der Waals surface area contributed by atoms with Crippen molar-refractivity contribution in [2.75, 3.05) is 4.72 Å². The summed E-state index contributed by atoms with van der Waals surface area (Å²) in [5, 5.41) is 4.38. The van der Waals surface area contributed by atoms with Crippen LogP contribution in [0.25, 0.3) is 5.69 Å². The fourth-order valence-electron chi connectivity index (χ4n) is 3.65. The molecule has 1 heterocycles. The Morgan fingerprint density at radius 1 is 1.00 bits per heavy atom. The highest BCUT2D eigenvalue weighted by Gasteiger charge is 2.34. The number of anilines is 1. The second kappa shape index (κ2) is 6.84. The Kier molecular flexibility index (Phi) is 4.58. The third-order valence-corrected chi connectivity index (χ3v) is 6.55. The van der Waals surface area contributed by atoms with E-state index in [4.69, 9.17) is 0 Å². The van der Waals surface area contributed by atoms with Crippen LogP contribution in [-0.2, 0) is 16.4 Å². The number of sulfonamides is 1. The molecule has 1 aliphatic carbocycles. The predicted octanol–water partition coefficient (Wildman–Crippen LogP) is 4.14. The highest BCUT2D eigenvalue weighted by Crippen LogP contribution is 2.35. The summed E-state index contributed by atoms with van der Waals surface area (Å²) in [5.74, 6) is 0.101. The molecule has 0 saturated heterocycles. The lowest BCUT2D eigenvalue weighted by Crippen LogP contribution is -2.27. The lowest BCUT2D eigenvalue weighted by Gasteiger charge is -2.28. The Hall–Kier alpha value is -2.93. The van der Waals surface area contributed by atoms with Crippen molar-refractivity contribution in [3.8, 4) is 5.69 Å². The minimum Gasteiger partial charge on any atom is -0.294 e. The summed E-state index contributed by atoms with van der Waals surface area (Å²) in [4.78, 5) is 12.6. The normalized spacial score (nSPS) is 15.8. The molecular weight excluding hydrogens is 386 g/mol. The second-order valence-electron chi connectivity index (χ2n) is 8.32. The average Bonchev–Trinajstić information content (AvgIpc) is 3.06. The quantitative estimate of drug-likeness (QED) is 0.702. The van der Waals surface area contributed by atoms with Crippen LogP contribution in [0.5, 0.6) is 0 Å². The van der Waals surface area contributed by atoms with Crippen molar-refractivity contribution >= 4 is 21.5 Å². The van der Waals surface area contributed by atoms with E-state index < -0.39 is 10.0 Å². The summed E-state index contributed by atoms with van der Waals surface area (Å²) >= 11 is 0. The van der Waals surface area contributed by atoms with Crippen molar-refractivity contribution in [3.05, 3.63) is 71.5 Å². The minimum atomic E-state index is -3.69. The van der Waals surface area contributed by atoms with Gasteiger partial charge in [-0.05, 0) is 55.2 Å². The monoisotopic (exact) mass is 409 g/mol. The summed E-state index contributed by atoms with van der Waals surface area (Å²) in [6.07, 6.45) is 2.85. The summed E-state index contributed by atoms with van der Waals surface area (Å²) in [5.41, 5.74) is 3.71. The summed E-state index contributed by atoms with van der Waals surface area (Å²) in [7, 11) is -3.69. The number of Topliss-reactive ketones (excluding diaryl/α,β-unsaturated/α-hetero) is 1. The predicted molar refractivity (Wildman–Crippen MR) is 112 cm³/mol. The fourth-order valence-corrected chi connectivity index (χ4v) is 4.71. The van der Waals surface area contributed by atoms with Gasteiger partial charge in [-0.15, -0.1) is 0 Å². The minimum absolute atomic E-state index is 0.101. The zero-order valence-electron chi connectivity index (χ0n) is 16.6. The molecule has 3 aromatic rings. The molecule has 0 bridgehead atoms. The Labute approximate surface area is 170 Å². The topological polar surface area (TPSA) is 81.1 Å². The number of hydrogen-bond donors (Lipinski definition) is 1. The fraction of sp³-hybridized carbons (Fsp3) is 0.273. The van der Waals surface area contributed by atoms with Crippen LogP contribution in [0.1, 0.15) is 41.9 Å². The summed E-state index contributed by atoms with van der Waals surface area (Å²) < 4.78 is 29.7. The van der Waals surface area contributed by atoms with Crippen molar-refractivity contribution in [1.29, 1.82) is 0 Å². The average molecular weight is 410 g/mol. The van der Waals surface area contributed by atoms with Crippen molar-refractivity contribution in [2.24, 2.45) is 5.41 Å². The van der Waals surface area contributed by atoms with Crippen LogP contribution in [0.15, 0.2) is 59.6 Å². The van der Waals surface area contributed by atoms with Crippen LogP contribution >= 0.6 is 0 Å². The molecule has 0 atom stereocenters. The van der Waals surface area contributed by atoms with Crippen LogP contribution in [0, 0.1) is 12.3 Å². The molecule has 0 radical (unpaired) electrons. The van der Waals surface area contributed by atoms with Crippen molar-refractivity contribution in [3.63, 3.8) is 0 Å². The number of nitrogens with zero attached hydrogens (tertiary/aromatic N) is 2. The summed E-state index contributed by atoms with van der Waals surface area (Å²) in [6, 6.07) is 13.7. The van der Waals surface area contributed by atoms with Gasteiger partial charge in [-0.3, -0.25) is 9.52 Å². The van der Waals surface area contributed by atoms with E-state index in [2.05, 4.69) is 23.7 Å². The van der Waals surface area contributed by atoms with Gasteiger partial charge in [0.05, 0.1) is 28.0 Å². The van der Waals surface area contributed by atoms with E-state index >= 15 is 0 Å². The van der Waals surface area contributed by atoms with E-state index in [1.807, 2.05) is 19.1 Å². The Morgan fingerprint density at radius 3 is 2.31 bits per heavy atom. The van der Waals surface area contributed by atoms with E-state index in [-0.39, 0.29) is 16.1 Å². The SMILES string of the molecule is Cc1ccc(NS(=O)(=O)c2ccc(-n3ncc4c3CC(C)(C)CC4=O)cc2)cc1. The van der Waals surface area contributed by atoms with Gasteiger partial charge < -0.3 is 0 Å². The standard InChI is InChI=1S/C22H23N3O3S/c1-15-4-6-16(7-5-15)24-29(27,28)18-10-8-17(9-11-18)25-20-12-22(2,3)13-21(26)19(20)14-23-25/h4-11,14,24H,12-13H2,1-3H3. The number of aromatic nitrogens is 2. The van der Waals surface area contributed by atoms with Crippen molar-refractivity contribution in [2.45, 2.75) is 38.5 Å². The van der Waals surface area contributed by atoms with Gasteiger partial charge in [-0.1, -0.05) is 31.5 Å². The third kappa shape index (κ3) is 3.82. The number of aryl methyl sites for hydroxylation is 1. The van der Waals surface area contributed by atoms with E-state index in [1.54, 1.807) is 47.3 Å². The highest BCUT2D eigenvalue weighted by atomic mass is 32.2. The number of hydrogen-bond acceptors (Lipinski definition) is 4. The first-order valence-electron chi connectivity index (χ1n) is 9.45. The molecule has 1 aliphatic rings. The van der Waals surface area contributed by atoms with E-state index in [0.717, 1.165) is 23.4 Å². The Bertz CT molecular complexity index is 1180. The maximum Gasteiger partial charge on any atom is 0.261 e. The smallest absolute Gasteiger partial charge is 0.261 e. The molecule has 29 heavy (non-hydrogen) atoms. The lowest BCUT2D eigenvalue weighted by atomic mass is 9.76. The second-order valence-corrected chi connectivity index (χ2v) is 10.0. The number of rotatable bonds is 4. The number of carbonyl (C=O) groups is 1. The van der Waals surface area contributed by atoms with Crippen LogP contribution in [0.2, 0.25) is 0 Å². The molecule has 0 fully saturated rings. The first-order chi connectivity index (χ1) is 13.6. The zero-order chi connectivity index (χ0) is 20.8. The van der Waals surface area contributed by atoms with Crippen LogP contribution in [-0.4, -0.2) is 24.0 Å². The molecule has 1 aromatic heterocycles. The molecule has 0 amide bonds. The molecule has 6 nitrogen and oxygen atoms in total. The van der Waals surface area contributed by atoms with Crippen LogP contribution < -0.4 is 4.72 Å². The van der Waals surface area contributed by atoms with Crippen molar-refractivity contribution < 1.29 is 13.2 Å². The molecule has 0 saturated carbocycles. The van der Waals surface area contributed by atoms with Gasteiger partial charge in [-0.25, -0.2) is 13.1 Å². The van der Waals surface area contributed by atoms with Gasteiger partial charge in [0.15, 0.2) is 5.78 Å². The van der Waals surface area contributed by atoms with Gasteiger partial charge in [-0.2, -0.15) is 5.10 Å². The first-order valence-corrected chi connectivity index (χ1v) is 10.9. The molecule has 1 N–H and O–H groups in total. The van der Waals surface area contributed by atoms with Crippen LogP contribution in [0.4, 0.5) is 5.69 Å². The first kappa shape index (κ1) is 19.4. The van der Waals surface area contributed by atoms with Gasteiger partial charge in [0.1, 0.15) is 0 Å². The van der Waals surface area contributed by atoms with E-state index in [1.165, 1.54) is 0 Å². The zero-order valence-corrected chi connectivity index (χ0v) is 17.5. The third-order valence-electron chi connectivity index (χ3n) is 5.15. The number of benzene rings is 2. The number of fused-ring (bicyclic) bond motifs is 1. The molecule has 0 aliphatic heterocycles. The van der Waals surface area contributed by atoms with E-state index in [9.17, 15) is 13.2 Å². The van der Waals surface area contributed by atoms with Gasteiger partial charge in [0.25, 0.3) is 10.0 Å². The maximum atomic E-state index is 12.7. The molecule has 7 heteroatoms. The number of nitrogens with one attached hydrogen (secondary N) is 1. The van der Waals surface area contributed by atoms with Gasteiger partial charge in [0.2, 0.25) is 0 Å². The van der Waals surface area contributed by atoms with Gasteiger partial charge >= 0.3 is 0 Å². The lowest BCUT2D eigenvalue weighted by molar-refractivity contribution is 0.0911. The Balaban J connectivity index is 1.62. The maximum absolute atomic E-state index is 12.7. The number of ketones is 1. The largest absolute Gasteiger partial charge is 0.294 e. The molecular formula is C22H23N3O3S. The van der Waals surface area contributed by atoms with Crippen molar-refractivity contribution in [1.82, 2.24) is 9.78 Å². The molecule has 0 unspecified atom stereocenters. The molecule has 4 rings (SSSR count). The highest BCUT2D eigenvalue weighted by molar-refractivity contribution is 7.92. The summed E-state index contributed by atoms with van der Waals surface area (Å²) in [6.45, 7) is 6.08.